The van der Waals surface area contributed by atoms with Crippen molar-refractivity contribution < 1.29 is 5.11 Å². The maximum atomic E-state index is 12.3. The second kappa shape index (κ2) is 5.74. The zero-order chi connectivity index (χ0) is 14.0. The molecule has 5 nitrogen and oxygen atoms in total. The number of hydrogen-bond acceptors (Lipinski definition) is 4. The highest BCUT2D eigenvalue weighted by atomic mass is 16.3. The topological polar surface area (TPSA) is 58.4 Å². The van der Waals surface area contributed by atoms with Crippen LogP contribution in [0.1, 0.15) is 26.7 Å². The summed E-state index contributed by atoms with van der Waals surface area (Å²) in [5, 5.41) is 9.30. The predicted molar refractivity (Wildman–Crippen MR) is 75.3 cm³/mol. The molecule has 1 aliphatic carbocycles. The Morgan fingerprint density at radius 3 is 2.79 bits per heavy atom. The van der Waals surface area contributed by atoms with Gasteiger partial charge in [-0.2, -0.15) is 0 Å². The van der Waals surface area contributed by atoms with E-state index in [4.69, 9.17) is 0 Å². The average Bonchev–Trinajstić information content (AvgIpc) is 2.29. The molecule has 1 heterocycles. The van der Waals surface area contributed by atoms with Crippen LogP contribution < -0.4 is 10.5 Å². The third-order valence-electron chi connectivity index (χ3n) is 3.56. The lowest BCUT2D eigenvalue weighted by Crippen LogP contribution is -2.40. The molecular weight excluding hydrogens is 242 g/mol. The third-order valence-corrected chi connectivity index (χ3v) is 3.56. The molecule has 19 heavy (non-hydrogen) atoms. The lowest BCUT2D eigenvalue weighted by atomic mass is 9.82. The van der Waals surface area contributed by atoms with Crippen LogP contribution in [0.5, 0.6) is 0 Å². The molecule has 0 aromatic carbocycles. The Labute approximate surface area is 113 Å². The molecule has 0 bridgehead atoms. The van der Waals surface area contributed by atoms with Gasteiger partial charge in [-0.3, -0.25) is 4.79 Å². The van der Waals surface area contributed by atoms with Gasteiger partial charge in [-0.25, -0.2) is 4.98 Å². The van der Waals surface area contributed by atoms with Gasteiger partial charge in [0.25, 0.3) is 5.56 Å². The summed E-state index contributed by atoms with van der Waals surface area (Å²) in [7, 11) is 1.90. The first kappa shape index (κ1) is 14.1. The first-order valence-electron chi connectivity index (χ1n) is 6.92. The standard InChI is InChI=1S/C14H23N3O2/c1-10(2)8-17-5-4-15-13(14(17)19)16(3)9-11-6-12(18)7-11/h4-5,10-12,18H,6-9H2,1-3H3. The predicted octanol–water partition coefficient (Wildman–Crippen LogP) is 1.11. The number of aliphatic hydroxyl groups is 1. The van der Waals surface area contributed by atoms with Crippen molar-refractivity contribution in [2.45, 2.75) is 39.3 Å². The van der Waals surface area contributed by atoms with Crippen molar-refractivity contribution in [3.63, 3.8) is 0 Å². The summed E-state index contributed by atoms with van der Waals surface area (Å²) < 4.78 is 1.72. The average molecular weight is 265 g/mol. The summed E-state index contributed by atoms with van der Waals surface area (Å²) in [5.41, 5.74) is -0.0291. The molecule has 0 radical (unpaired) electrons. The summed E-state index contributed by atoms with van der Waals surface area (Å²) in [6.07, 6.45) is 4.94. The molecule has 0 spiro atoms. The SMILES string of the molecule is CC(C)Cn1ccnc(N(C)CC2CC(O)C2)c1=O. The molecule has 1 aromatic rings. The number of anilines is 1. The number of aliphatic hydroxyl groups excluding tert-OH is 1. The van der Waals surface area contributed by atoms with E-state index in [1.54, 1.807) is 17.0 Å². The van der Waals surface area contributed by atoms with Crippen LogP contribution in [-0.2, 0) is 6.54 Å². The van der Waals surface area contributed by atoms with E-state index in [2.05, 4.69) is 18.8 Å². The highest BCUT2D eigenvalue weighted by Gasteiger charge is 2.28. The number of aromatic nitrogens is 2. The number of rotatable bonds is 5. The Balaban J connectivity index is 2.08. The Bertz CT molecular complexity index is 478. The van der Waals surface area contributed by atoms with Gasteiger partial charge >= 0.3 is 0 Å². The molecule has 1 saturated carbocycles. The van der Waals surface area contributed by atoms with Gasteiger partial charge in [-0.1, -0.05) is 13.8 Å². The van der Waals surface area contributed by atoms with E-state index in [9.17, 15) is 9.90 Å². The van der Waals surface area contributed by atoms with Gasteiger partial charge in [0.2, 0.25) is 0 Å². The van der Waals surface area contributed by atoms with Crippen molar-refractivity contribution in [1.29, 1.82) is 0 Å². The van der Waals surface area contributed by atoms with Gasteiger partial charge in [-0.15, -0.1) is 0 Å². The van der Waals surface area contributed by atoms with E-state index in [-0.39, 0.29) is 11.7 Å². The first-order valence-corrected chi connectivity index (χ1v) is 6.92. The van der Waals surface area contributed by atoms with Crippen LogP contribution >= 0.6 is 0 Å². The summed E-state index contributed by atoms with van der Waals surface area (Å²) in [6, 6.07) is 0. The van der Waals surface area contributed by atoms with Crippen LogP contribution in [0.2, 0.25) is 0 Å². The number of hydrogen-bond donors (Lipinski definition) is 1. The van der Waals surface area contributed by atoms with Crippen LogP contribution in [0.3, 0.4) is 0 Å². The van der Waals surface area contributed by atoms with E-state index >= 15 is 0 Å². The molecule has 1 N–H and O–H groups in total. The van der Waals surface area contributed by atoms with Gasteiger partial charge in [0.05, 0.1) is 6.10 Å². The fourth-order valence-corrected chi connectivity index (χ4v) is 2.56. The van der Waals surface area contributed by atoms with Crippen molar-refractivity contribution in [1.82, 2.24) is 9.55 Å². The van der Waals surface area contributed by atoms with Crippen molar-refractivity contribution in [2.75, 3.05) is 18.5 Å². The van der Waals surface area contributed by atoms with Gasteiger partial charge in [-0.05, 0) is 24.7 Å². The molecule has 1 aliphatic rings. The second-order valence-electron chi connectivity index (χ2n) is 5.97. The van der Waals surface area contributed by atoms with Crippen molar-refractivity contribution >= 4 is 5.82 Å². The second-order valence-corrected chi connectivity index (χ2v) is 5.97. The Kier molecular flexibility index (Phi) is 4.24. The third kappa shape index (κ3) is 3.35. The lowest BCUT2D eigenvalue weighted by molar-refractivity contribution is 0.0464. The molecule has 1 aromatic heterocycles. The smallest absolute Gasteiger partial charge is 0.293 e. The van der Waals surface area contributed by atoms with Gasteiger partial charge in [0.1, 0.15) is 0 Å². The normalized spacial score (nSPS) is 22.4. The molecular formula is C14H23N3O2. The van der Waals surface area contributed by atoms with Crippen molar-refractivity contribution in [2.24, 2.45) is 11.8 Å². The molecule has 0 unspecified atom stereocenters. The molecule has 0 saturated heterocycles. The Hall–Kier alpha value is -1.36. The molecule has 1 fully saturated rings. The maximum absolute atomic E-state index is 12.3. The highest BCUT2D eigenvalue weighted by Crippen LogP contribution is 2.28. The quantitative estimate of drug-likeness (QED) is 0.866. The van der Waals surface area contributed by atoms with Gasteiger partial charge in [0.15, 0.2) is 5.82 Å². The van der Waals surface area contributed by atoms with E-state index in [1.807, 2.05) is 11.9 Å². The summed E-state index contributed by atoms with van der Waals surface area (Å²) in [4.78, 5) is 18.4. The van der Waals surface area contributed by atoms with Crippen molar-refractivity contribution in [3.05, 3.63) is 22.7 Å². The molecule has 0 amide bonds. The summed E-state index contributed by atoms with van der Waals surface area (Å²) in [5.74, 6) is 1.41. The maximum Gasteiger partial charge on any atom is 0.293 e. The van der Waals surface area contributed by atoms with Crippen LogP contribution in [-0.4, -0.2) is 34.4 Å². The first-order chi connectivity index (χ1) is 8.97. The largest absolute Gasteiger partial charge is 0.393 e. The molecule has 0 atom stereocenters. The van der Waals surface area contributed by atoms with E-state index < -0.39 is 0 Å². The fourth-order valence-electron chi connectivity index (χ4n) is 2.56. The number of nitrogens with zero attached hydrogens (tertiary/aromatic N) is 3. The minimum atomic E-state index is -0.153. The van der Waals surface area contributed by atoms with E-state index in [0.29, 0.717) is 24.2 Å². The summed E-state index contributed by atoms with van der Waals surface area (Å²) >= 11 is 0. The van der Waals surface area contributed by atoms with Crippen molar-refractivity contribution in [3.8, 4) is 0 Å². The summed E-state index contributed by atoms with van der Waals surface area (Å²) in [6.45, 7) is 5.67. The van der Waals surface area contributed by atoms with E-state index in [1.165, 1.54) is 0 Å². The zero-order valence-electron chi connectivity index (χ0n) is 11.9. The van der Waals surface area contributed by atoms with Crippen LogP contribution in [0, 0.1) is 11.8 Å². The monoisotopic (exact) mass is 265 g/mol. The minimum absolute atomic E-state index is 0.0291. The van der Waals surface area contributed by atoms with Gasteiger partial charge in [0, 0.05) is 32.5 Å². The highest BCUT2D eigenvalue weighted by molar-refractivity contribution is 5.34. The Morgan fingerprint density at radius 2 is 2.21 bits per heavy atom. The van der Waals surface area contributed by atoms with Crippen LogP contribution in [0.25, 0.3) is 0 Å². The van der Waals surface area contributed by atoms with Crippen LogP contribution in [0.4, 0.5) is 5.82 Å². The zero-order valence-corrected chi connectivity index (χ0v) is 11.9. The molecule has 5 heteroatoms. The molecule has 2 rings (SSSR count). The lowest BCUT2D eigenvalue weighted by Gasteiger charge is -2.34. The van der Waals surface area contributed by atoms with E-state index in [0.717, 1.165) is 19.4 Å². The van der Waals surface area contributed by atoms with Gasteiger partial charge < -0.3 is 14.6 Å². The Morgan fingerprint density at radius 1 is 1.53 bits per heavy atom. The fraction of sp³-hybridized carbons (Fsp3) is 0.714. The molecule has 0 aliphatic heterocycles. The van der Waals surface area contributed by atoms with Crippen LogP contribution in [0.15, 0.2) is 17.2 Å². The minimum Gasteiger partial charge on any atom is -0.393 e. The molecule has 106 valence electrons.